The van der Waals surface area contributed by atoms with E-state index in [1.165, 1.54) is 12.5 Å². The van der Waals surface area contributed by atoms with Gasteiger partial charge >= 0.3 is 0 Å². The van der Waals surface area contributed by atoms with Crippen LogP contribution in [0.3, 0.4) is 0 Å². The predicted octanol–water partition coefficient (Wildman–Crippen LogP) is 3.95. The molecule has 1 atom stereocenters. The molecule has 1 aromatic heterocycles. The van der Waals surface area contributed by atoms with Crippen molar-refractivity contribution < 1.29 is 8.78 Å². The summed E-state index contributed by atoms with van der Waals surface area (Å²) in [5.41, 5.74) is 0.709. The molecule has 0 saturated carbocycles. The van der Waals surface area contributed by atoms with Crippen molar-refractivity contribution in [1.29, 1.82) is 0 Å². The Morgan fingerprint density at radius 1 is 1.42 bits per heavy atom. The van der Waals surface area contributed by atoms with Crippen LogP contribution in [0.2, 0.25) is 0 Å². The molecule has 19 heavy (non-hydrogen) atoms. The van der Waals surface area contributed by atoms with Crippen LogP contribution in [0.1, 0.15) is 18.7 Å². The van der Waals surface area contributed by atoms with Gasteiger partial charge < -0.3 is 4.57 Å². The average Bonchev–Trinajstić information content (AvgIpc) is 3.02. The fourth-order valence-electron chi connectivity index (χ4n) is 2.50. The minimum atomic E-state index is -0.839. The number of imidazole rings is 1. The molecule has 1 aliphatic rings. The van der Waals surface area contributed by atoms with Crippen LogP contribution in [-0.2, 0) is 12.4 Å². The molecule has 1 unspecified atom stereocenters. The molecule has 2 nitrogen and oxygen atoms in total. The summed E-state index contributed by atoms with van der Waals surface area (Å²) in [6.45, 7) is 0.642. The average molecular weight is 303 g/mol. The van der Waals surface area contributed by atoms with Gasteiger partial charge in [-0.2, -0.15) is 11.8 Å². The lowest BCUT2D eigenvalue weighted by Crippen LogP contribution is -2.13. The second-order valence-corrected chi connectivity index (χ2v) is 6.31. The molecule has 3 rings (SSSR count). The van der Waals surface area contributed by atoms with E-state index in [0.29, 0.717) is 23.1 Å². The Labute approximate surface area is 119 Å². The Bertz CT molecular complexity index is 608. The number of nitrogens with zero attached hydrogens (tertiary/aromatic N) is 2. The molecule has 0 bridgehead atoms. The van der Waals surface area contributed by atoms with Gasteiger partial charge in [0, 0.05) is 11.8 Å². The molecule has 0 aliphatic carbocycles. The maximum atomic E-state index is 14.0. The Balaban J connectivity index is 2.10. The monoisotopic (exact) mass is 302 g/mol. The fourth-order valence-corrected chi connectivity index (χ4v) is 3.95. The first-order valence-electron chi connectivity index (χ1n) is 6.21. The number of thioether (sulfide) groups is 1. The van der Waals surface area contributed by atoms with E-state index < -0.39 is 11.6 Å². The van der Waals surface area contributed by atoms with Crippen molar-refractivity contribution in [3.8, 4) is 0 Å². The van der Waals surface area contributed by atoms with Crippen LogP contribution in [0.5, 0.6) is 0 Å². The van der Waals surface area contributed by atoms with Crippen LogP contribution in [-0.4, -0.2) is 20.6 Å². The summed E-state index contributed by atoms with van der Waals surface area (Å²) in [4.78, 5) is 4.29. The number of benzene rings is 1. The van der Waals surface area contributed by atoms with Crippen molar-refractivity contribution in [3.05, 3.63) is 29.6 Å². The van der Waals surface area contributed by atoms with Crippen molar-refractivity contribution in [1.82, 2.24) is 9.55 Å². The quantitative estimate of drug-likeness (QED) is 0.799. The molecule has 0 spiro atoms. The van der Waals surface area contributed by atoms with Gasteiger partial charge in [-0.25, -0.2) is 13.8 Å². The summed E-state index contributed by atoms with van der Waals surface area (Å²) in [6, 6.07) is 2.61. The van der Waals surface area contributed by atoms with Crippen LogP contribution in [0.15, 0.2) is 12.1 Å². The standard InChI is InChI=1S/C13H13ClF2N2S/c14-6-11-17-10-4-3-9(15)12(16)13(10)18(11)7-8-2-1-5-19-8/h3-4,8H,1-2,5-7H2. The summed E-state index contributed by atoms with van der Waals surface area (Å²) < 4.78 is 29.1. The van der Waals surface area contributed by atoms with Gasteiger partial charge in [0.1, 0.15) is 11.3 Å². The zero-order chi connectivity index (χ0) is 13.4. The molecule has 1 aromatic carbocycles. The summed E-state index contributed by atoms with van der Waals surface area (Å²) in [5.74, 6) is 0.268. The van der Waals surface area contributed by atoms with Crippen molar-refractivity contribution in [2.45, 2.75) is 30.5 Å². The minimum absolute atomic E-state index is 0.202. The van der Waals surface area contributed by atoms with Gasteiger partial charge in [-0.1, -0.05) is 0 Å². The van der Waals surface area contributed by atoms with Gasteiger partial charge in [0.25, 0.3) is 0 Å². The molecule has 0 amide bonds. The van der Waals surface area contributed by atoms with Crippen molar-refractivity contribution in [2.75, 3.05) is 5.75 Å². The summed E-state index contributed by atoms with van der Waals surface area (Å²) in [6.07, 6.45) is 2.28. The van der Waals surface area contributed by atoms with Crippen molar-refractivity contribution in [2.24, 2.45) is 0 Å². The van der Waals surface area contributed by atoms with Gasteiger partial charge in [-0.05, 0) is 30.7 Å². The molecule has 1 saturated heterocycles. The van der Waals surface area contributed by atoms with Crippen LogP contribution in [0, 0.1) is 11.6 Å². The van der Waals surface area contributed by atoms with Crippen LogP contribution >= 0.6 is 23.4 Å². The van der Waals surface area contributed by atoms with E-state index in [2.05, 4.69) is 4.98 Å². The Morgan fingerprint density at radius 2 is 2.26 bits per heavy atom. The second kappa shape index (κ2) is 5.29. The Morgan fingerprint density at radius 3 is 2.95 bits per heavy atom. The largest absolute Gasteiger partial charge is 0.323 e. The van der Waals surface area contributed by atoms with E-state index in [9.17, 15) is 8.78 Å². The van der Waals surface area contributed by atoms with Crippen molar-refractivity contribution in [3.63, 3.8) is 0 Å². The number of rotatable bonds is 3. The van der Waals surface area contributed by atoms with Crippen LogP contribution in [0.4, 0.5) is 8.78 Å². The first-order chi connectivity index (χ1) is 9.20. The first kappa shape index (κ1) is 13.2. The summed E-state index contributed by atoms with van der Waals surface area (Å²) >= 11 is 7.75. The smallest absolute Gasteiger partial charge is 0.184 e. The Hall–Kier alpha value is -0.810. The summed E-state index contributed by atoms with van der Waals surface area (Å²) in [5, 5.41) is 0.432. The lowest BCUT2D eigenvalue weighted by atomic mass is 10.2. The van der Waals surface area contributed by atoms with E-state index in [1.54, 1.807) is 4.57 Å². The van der Waals surface area contributed by atoms with Gasteiger partial charge in [-0.15, -0.1) is 11.6 Å². The highest BCUT2D eigenvalue weighted by molar-refractivity contribution is 8.00. The molecule has 1 fully saturated rings. The van der Waals surface area contributed by atoms with Gasteiger partial charge in [0.15, 0.2) is 11.6 Å². The van der Waals surface area contributed by atoms with Crippen LogP contribution in [0.25, 0.3) is 11.0 Å². The maximum Gasteiger partial charge on any atom is 0.184 e. The molecule has 0 radical (unpaired) electrons. The maximum absolute atomic E-state index is 14.0. The zero-order valence-corrected chi connectivity index (χ0v) is 11.8. The predicted molar refractivity (Wildman–Crippen MR) is 74.7 cm³/mol. The third-order valence-corrected chi connectivity index (χ3v) is 5.03. The fraction of sp³-hybridized carbons (Fsp3) is 0.462. The van der Waals surface area contributed by atoms with Gasteiger partial charge in [0.2, 0.25) is 0 Å². The molecule has 0 N–H and O–H groups in total. The van der Waals surface area contributed by atoms with E-state index in [-0.39, 0.29) is 11.4 Å². The number of aromatic nitrogens is 2. The third kappa shape index (κ3) is 2.34. The molecule has 102 valence electrons. The van der Waals surface area contributed by atoms with Crippen LogP contribution < -0.4 is 0 Å². The first-order valence-corrected chi connectivity index (χ1v) is 7.79. The molecule has 2 aromatic rings. The molecule has 2 heterocycles. The van der Waals surface area contributed by atoms with Gasteiger partial charge in [-0.3, -0.25) is 0 Å². The lowest BCUT2D eigenvalue weighted by molar-refractivity contribution is 0.509. The summed E-state index contributed by atoms with van der Waals surface area (Å²) in [7, 11) is 0. The number of hydrogen-bond acceptors (Lipinski definition) is 2. The highest BCUT2D eigenvalue weighted by Gasteiger charge is 2.22. The molecular formula is C13H13ClF2N2S. The number of halogens is 3. The lowest BCUT2D eigenvalue weighted by Gasteiger charge is -2.13. The number of hydrogen-bond donors (Lipinski definition) is 0. The highest BCUT2D eigenvalue weighted by atomic mass is 35.5. The number of alkyl halides is 1. The zero-order valence-electron chi connectivity index (χ0n) is 10.2. The molecule has 1 aliphatic heterocycles. The SMILES string of the molecule is Fc1ccc2nc(CCl)n(CC3CCCS3)c2c1F. The van der Waals surface area contributed by atoms with E-state index in [0.717, 1.165) is 18.2 Å². The van der Waals surface area contributed by atoms with Crippen molar-refractivity contribution >= 4 is 34.4 Å². The second-order valence-electron chi connectivity index (χ2n) is 4.64. The number of fused-ring (bicyclic) bond motifs is 1. The Kier molecular flexibility index (Phi) is 3.67. The van der Waals surface area contributed by atoms with E-state index in [1.807, 2.05) is 11.8 Å². The highest BCUT2D eigenvalue weighted by Crippen LogP contribution is 2.30. The molecular weight excluding hydrogens is 290 g/mol. The normalized spacial score (nSPS) is 19.4. The van der Waals surface area contributed by atoms with E-state index in [4.69, 9.17) is 11.6 Å². The minimum Gasteiger partial charge on any atom is -0.323 e. The topological polar surface area (TPSA) is 17.8 Å². The molecule has 6 heteroatoms. The van der Waals surface area contributed by atoms with Gasteiger partial charge in [0.05, 0.1) is 11.4 Å². The third-order valence-electron chi connectivity index (χ3n) is 3.41. The van der Waals surface area contributed by atoms with E-state index >= 15 is 0 Å².